The van der Waals surface area contributed by atoms with Crippen molar-refractivity contribution in [2.75, 3.05) is 7.11 Å². The summed E-state index contributed by atoms with van der Waals surface area (Å²) in [5.74, 6) is 0.763. The van der Waals surface area contributed by atoms with E-state index in [0.29, 0.717) is 30.1 Å². The zero-order chi connectivity index (χ0) is 20.1. The zero-order valence-electron chi connectivity index (χ0n) is 16.1. The van der Waals surface area contributed by atoms with Gasteiger partial charge in [-0.25, -0.2) is 4.79 Å². The van der Waals surface area contributed by atoms with E-state index >= 15 is 0 Å². The molecule has 7 nitrogen and oxygen atoms in total. The van der Waals surface area contributed by atoms with Gasteiger partial charge in [0.05, 0.1) is 13.3 Å². The number of methoxy groups -OCH3 is 1. The predicted molar refractivity (Wildman–Crippen MR) is 105 cm³/mol. The molecule has 1 saturated heterocycles. The molecular formula is C21H23N3O4. The number of rotatable bonds is 7. The van der Waals surface area contributed by atoms with Crippen LogP contribution in [0.4, 0.5) is 4.79 Å². The molecule has 0 aromatic heterocycles. The molecule has 1 N–H and O–H groups in total. The van der Waals surface area contributed by atoms with Crippen LogP contribution in [0.1, 0.15) is 31.4 Å². The first-order valence-corrected chi connectivity index (χ1v) is 9.02. The number of nitrogens with one attached hydrogen (secondary N) is 1. The molecule has 146 valence electrons. The van der Waals surface area contributed by atoms with E-state index in [9.17, 15) is 9.59 Å². The Kier molecular flexibility index (Phi) is 5.63. The number of imide groups is 1. The van der Waals surface area contributed by atoms with Crippen LogP contribution in [0.5, 0.6) is 11.5 Å². The van der Waals surface area contributed by atoms with Gasteiger partial charge in [-0.1, -0.05) is 37.3 Å². The molecule has 0 saturated carbocycles. The number of hydrogen-bond acceptors (Lipinski definition) is 5. The fraction of sp³-hybridized carbons (Fsp3) is 0.286. The maximum atomic E-state index is 12.4. The standard InChI is InChI=1S/C21H23N3O4/c1-4-21(2)19(25)24(20(26)23-21)22-13-16-10-11-17(18(12-16)27-3)28-14-15-8-6-5-7-9-15/h5-13H,4,14H2,1-3H3,(H,23,26)/b22-13+. The minimum Gasteiger partial charge on any atom is -0.493 e. The molecule has 0 bridgehead atoms. The molecule has 3 amide bonds. The van der Waals surface area contributed by atoms with Gasteiger partial charge < -0.3 is 14.8 Å². The van der Waals surface area contributed by atoms with E-state index in [-0.39, 0.29) is 5.91 Å². The van der Waals surface area contributed by atoms with Crippen molar-refractivity contribution >= 4 is 18.2 Å². The van der Waals surface area contributed by atoms with Crippen LogP contribution in [0.25, 0.3) is 0 Å². The van der Waals surface area contributed by atoms with E-state index in [0.717, 1.165) is 10.6 Å². The Bertz CT molecular complexity index is 898. The molecule has 2 aromatic rings. The van der Waals surface area contributed by atoms with E-state index in [4.69, 9.17) is 9.47 Å². The van der Waals surface area contributed by atoms with Crippen LogP contribution in [0.15, 0.2) is 53.6 Å². The van der Waals surface area contributed by atoms with Crippen LogP contribution in [0.2, 0.25) is 0 Å². The minimum absolute atomic E-state index is 0.369. The highest BCUT2D eigenvalue weighted by molar-refractivity contribution is 6.07. The van der Waals surface area contributed by atoms with E-state index in [1.165, 1.54) is 6.21 Å². The predicted octanol–water partition coefficient (Wildman–Crippen LogP) is 3.33. The molecule has 2 aromatic carbocycles. The third kappa shape index (κ3) is 3.98. The topological polar surface area (TPSA) is 80.2 Å². The second-order valence-corrected chi connectivity index (χ2v) is 6.66. The molecule has 1 aliphatic heterocycles. The van der Waals surface area contributed by atoms with Gasteiger partial charge in [0, 0.05) is 0 Å². The van der Waals surface area contributed by atoms with Crippen LogP contribution in [-0.4, -0.2) is 35.8 Å². The highest BCUT2D eigenvalue weighted by Gasteiger charge is 2.46. The van der Waals surface area contributed by atoms with E-state index in [2.05, 4.69) is 10.4 Å². The van der Waals surface area contributed by atoms with Gasteiger partial charge in [-0.2, -0.15) is 5.10 Å². The van der Waals surface area contributed by atoms with Crippen LogP contribution < -0.4 is 14.8 Å². The Hall–Kier alpha value is -3.35. The van der Waals surface area contributed by atoms with E-state index < -0.39 is 11.6 Å². The zero-order valence-corrected chi connectivity index (χ0v) is 16.1. The van der Waals surface area contributed by atoms with Gasteiger partial charge in [0.25, 0.3) is 5.91 Å². The number of urea groups is 1. The summed E-state index contributed by atoms with van der Waals surface area (Å²) in [4.78, 5) is 24.4. The third-order valence-corrected chi connectivity index (χ3v) is 4.69. The molecule has 1 heterocycles. The number of benzene rings is 2. The van der Waals surface area contributed by atoms with Gasteiger partial charge in [0.15, 0.2) is 11.5 Å². The lowest BCUT2D eigenvalue weighted by Crippen LogP contribution is -2.42. The lowest BCUT2D eigenvalue weighted by molar-refractivity contribution is -0.130. The van der Waals surface area contributed by atoms with Crippen molar-refractivity contribution < 1.29 is 19.1 Å². The Labute approximate surface area is 163 Å². The van der Waals surface area contributed by atoms with Gasteiger partial charge >= 0.3 is 6.03 Å². The second-order valence-electron chi connectivity index (χ2n) is 6.66. The van der Waals surface area contributed by atoms with Gasteiger partial charge in [-0.15, -0.1) is 5.01 Å². The number of carbonyl (C=O) groups is 2. The van der Waals surface area contributed by atoms with Crippen molar-refractivity contribution in [2.45, 2.75) is 32.4 Å². The Morgan fingerprint density at radius 1 is 1.14 bits per heavy atom. The van der Waals surface area contributed by atoms with E-state index in [1.807, 2.05) is 37.3 Å². The highest BCUT2D eigenvalue weighted by Crippen LogP contribution is 2.28. The highest BCUT2D eigenvalue weighted by atomic mass is 16.5. The molecular weight excluding hydrogens is 358 g/mol. The fourth-order valence-corrected chi connectivity index (χ4v) is 2.76. The molecule has 0 aliphatic carbocycles. The number of nitrogens with zero attached hydrogens (tertiary/aromatic N) is 2. The largest absolute Gasteiger partial charge is 0.493 e. The molecule has 1 fully saturated rings. The number of hydrazone groups is 1. The summed E-state index contributed by atoms with van der Waals surface area (Å²) >= 11 is 0. The number of carbonyl (C=O) groups excluding carboxylic acids is 2. The molecule has 28 heavy (non-hydrogen) atoms. The smallest absolute Gasteiger partial charge is 0.346 e. The van der Waals surface area contributed by atoms with Gasteiger partial charge in [0.1, 0.15) is 12.1 Å². The van der Waals surface area contributed by atoms with Gasteiger partial charge in [-0.05, 0) is 42.7 Å². The van der Waals surface area contributed by atoms with Crippen molar-refractivity contribution in [3.05, 3.63) is 59.7 Å². The average molecular weight is 381 g/mol. The molecule has 0 spiro atoms. The van der Waals surface area contributed by atoms with Crippen molar-refractivity contribution in [1.82, 2.24) is 10.3 Å². The van der Waals surface area contributed by atoms with Crippen molar-refractivity contribution in [3.63, 3.8) is 0 Å². The SMILES string of the molecule is CCC1(C)NC(=O)N(/N=C/c2ccc(OCc3ccccc3)c(OC)c2)C1=O. The quantitative estimate of drug-likeness (QED) is 0.589. The number of hydrogen-bond donors (Lipinski definition) is 1. The monoisotopic (exact) mass is 381 g/mol. The second kappa shape index (κ2) is 8.12. The number of amides is 3. The normalized spacial score (nSPS) is 19.2. The first-order chi connectivity index (χ1) is 13.5. The summed E-state index contributed by atoms with van der Waals surface area (Å²) in [6.07, 6.45) is 1.94. The minimum atomic E-state index is -0.915. The first-order valence-electron chi connectivity index (χ1n) is 9.02. The number of ether oxygens (including phenoxy) is 2. The molecule has 1 unspecified atom stereocenters. The van der Waals surface area contributed by atoms with Crippen molar-refractivity contribution in [3.8, 4) is 11.5 Å². The van der Waals surface area contributed by atoms with Crippen molar-refractivity contribution in [2.24, 2.45) is 5.10 Å². The molecule has 3 rings (SSSR count). The summed E-state index contributed by atoms with van der Waals surface area (Å²) < 4.78 is 11.2. The molecule has 0 radical (unpaired) electrons. The van der Waals surface area contributed by atoms with Crippen LogP contribution in [0, 0.1) is 0 Å². The average Bonchev–Trinajstić information content (AvgIpc) is 2.94. The molecule has 1 aliphatic rings. The Morgan fingerprint density at radius 3 is 2.54 bits per heavy atom. The Balaban J connectivity index is 1.72. The Morgan fingerprint density at radius 2 is 1.89 bits per heavy atom. The van der Waals surface area contributed by atoms with Crippen molar-refractivity contribution in [1.29, 1.82) is 0 Å². The van der Waals surface area contributed by atoms with Crippen LogP contribution in [0.3, 0.4) is 0 Å². The van der Waals surface area contributed by atoms with Gasteiger partial charge in [-0.3, -0.25) is 4.79 Å². The summed E-state index contributed by atoms with van der Waals surface area (Å²) in [5, 5.41) is 7.56. The summed E-state index contributed by atoms with van der Waals surface area (Å²) in [5.41, 5.74) is 0.809. The van der Waals surface area contributed by atoms with Crippen LogP contribution >= 0.6 is 0 Å². The molecule has 7 heteroatoms. The summed E-state index contributed by atoms with van der Waals surface area (Å²) in [6, 6.07) is 14.6. The van der Waals surface area contributed by atoms with Gasteiger partial charge in [0.2, 0.25) is 0 Å². The van der Waals surface area contributed by atoms with Crippen LogP contribution in [-0.2, 0) is 11.4 Å². The van der Waals surface area contributed by atoms with E-state index in [1.54, 1.807) is 32.2 Å². The fourth-order valence-electron chi connectivity index (χ4n) is 2.76. The first kappa shape index (κ1) is 19.4. The maximum Gasteiger partial charge on any atom is 0.346 e. The lowest BCUT2D eigenvalue weighted by Gasteiger charge is -2.17. The lowest BCUT2D eigenvalue weighted by atomic mass is 10.00. The summed E-state index contributed by atoms with van der Waals surface area (Å²) in [6.45, 7) is 3.94. The summed E-state index contributed by atoms with van der Waals surface area (Å²) in [7, 11) is 1.55. The third-order valence-electron chi connectivity index (χ3n) is 4.69. The maximum absolute atomic E-state index is 12.4. The molecule has 1 atom stereocenters.